The van der Waals surface area contributed by atoms with Crippen LogP contribution in [0.15, 0.2) is 0 Å². The normalized spacial score (nSPS) is 44.3. The summed E-state index contributed by atoms with van der Waals surface area (Å²) in [6.07, 6.45) is 4.93. The summed E-state index contributed by atoms with van der Waals surface area (Å²) < 4.78 is 0. The van der Waals surface area contributed by atoms with E-state index in [1.165, 1.54) is 19.3 Å². The van der Waals surface area contributed by atoms with E-state index in [0.29, 0.717) is 5.92 Å². The molecule has 0 aromatic heterocycles. The molecule has 0 aliphatic heterocycles. The van der Waals surface area contributed by atoms with Crippen LogP contribution in [0.25, 0.3) is 0 Å². The Morgan fingerprint density at radius 1 is 1.30 bits per heavy atom. The van der Waals surface area contributed by atoms with Crippen LogP contribution in [0, 0.1) is 17.8 Å². The van der Waals surface area contributed by atoms with E-state index in [2.05, 4.69) is 0 Å². The average molecular weight is 159 g/mol. The molecule has 0 heterocycles. The summed E-state index contributed by atoms with van der Waals surface area (Å²) in [5, 5.41) is -0.0906. The van der Waals surface area contributed by atoms with Crippen LogP contribution in [0.1, 0.15) is 25.7 Å². The van der Waals surface area contributed by atoms with E-state index in [0.717, 1.165) is 12.3 Å². The number of rotatable bonds is 1. The smallest absolute Gasteiger partial charge is 0.225 e. The van der Waals surface area contributed by atoms with Gasteiger partial charge in [0.05, 0.1) is 0 Å². The lowest BCUT2D eigenvalue weighted by atomic mass is 9.90. The lowest BCUT2D eigenvalue weighted by molar-refractivity contribution is -0.116. The predicted molar refractivity (Wildman–Crippen MR) is 39.8 cm³/mol. The molecule has 2 fully saturated rings. The highest BCUT2D eigenvalue weighted by Gasteiger charge is 2.42. The maximum Gasteiger partial charge on any atom is 0.225 e. The molecular weight excluding hydrogens is 148 g/mol. The van der Waals surface area contributed by atoms with Gasteiger partial charge in [0.15, 0.2) is 0 Å². The summed E-state index contributed by atoms with van der Waals surface area (Å²) in [5.41, 5.74) is 0. The Morgan fingerprint density at radius 2 is 2.10 bits per heavy atom. The van der Waals surface area contributed by atoms with Gasteiger partial charge in [0, 0.05) is 5.92 Å². The van der Waals surface area contributed by atoms with Crippen molar-refractivity contribution in [1.82, 2.24) is 0 Å². The molecule has 2 rings (SSSR count). The molecule has 3 atom stereocenters. The van der Waals surface area contributed by atoms with E-state index in [1.807, 2.05) is 0 Å². The van der Waals surface area contributed by atoms with Crippen molar-refractivity contribution in [1.29, 1.82) is 0 Å². The van der Waals surface area contributed by atoms with Gasteiger partial charge in [-0.15, -0.1) is 0 Å². The largest absolute Gasteiger partial charge is 0.281 e. The van der Waals surface area contributed by atoms with Crippen molar-refractivity contribution in [3.8, 4) is 0 Å². The van der Waals surface area contributed by atoms with Gasteiger partial charge in [-0.3, -0.25) is 4.79 Å². The summed E-state index contributed by atoms with van der Waals surface area (Å²) in [5.74, 6) is 1.70. The molecule has 0 radical (unpaired) electrons. The second-order valence-electron chi connectivity index (χ2n) is 3.59. The molecule has 1 nitrogen and oxygen atoms in total. The van der Waals surface area contributed by atoms with Gasteiger partial charge in [0.1, 0.15) is 0 Å². The summed E-state index contributed by atoms with van der Waals surface area (Å²) in [4.78, 5) is 10.8. The van der Waals surface area contributed by atoms with Crippen molar-refractivity contribution in [2.45, 2.75) is 25.7 Å². The number of hydrogen-bond donors (Lipinski definition) is 0. The molecule has 0 amide bonds. The molecule has 0 spiro atoms. The Hall–Kier alpha value is -0.0400. The third kappa shape index (κ3) is 0.878. The van der Waals surface area contributed by atoms with E-state index in [4.69, 9.17) is 11.6 Å². The second-order valence-corrected chi connectivity index (χ2v) is 3.96. The zero-order chi connectivity index (χ0) is 7.14. The van der Waals surface area contributed by atoms with Crippen molar-refractivity contribution in [3.05, 3.63) is 0 Å². The molecule has 0 N–H and O–H groups in total. The fourth-order valence-corrected chi connectivity index (χ4v) is 2.79. The minimum absolute atomic E-state index is 0.0906. The Morgan fingerprint density at radius 3 is 2.40 bits per heavy atom. The highest BCUT2D eigenvalue weighted by atomic mass is 35.5. The van der Waals surface area contributed by atoms with Crippen molar-refractivity contribution >= 4 is 16.8 Å². The Balaban J connectivity index is 2.08. The minimum Gasteiger partial charge on any atom is -0.281 e. The van der Waals surface area contributed by atoms with Crippen LogP contribution in [0.5, 0.6) is 0 Å². The fourth-order valence-electron chi connectivity index (χ4n) is 2.52. The first-order valence-corrected chi connectivity index (χ1v) is 4.34. The molecular formula is C8H11ClO. The first-order chi connectivity index (χ1) is 4.77. The summed E-state index contributed by atoms with van der Waals surface area (Å²) in [7, 11) is 0. The standard InChI is InChI=1S/C8H11ClO/c9-8(10)7-4-5-1-2-6(7)3-5/h5-7H,1-4H2. The SMILES string of the molecule is O=C(Cl)C1CC2CCC1C2. The first kappa shape index (κ1) is 6.66. The van der Waals surface area contributed by atoms with Crippen molar-refractivity contribution in [3.63, 3.8) is 0 Å². The maximum atomic E-state index is 10.8. The number of carbonyl (C=O) groups is 1. The number of halogens is 1. The molecule has 10 heavy (non-hydrogen) atoms. The Labute approximate surface area is 65.7 Å². The highest BCUT2D eigenvalue weighted by molar-refractivity contribution is 6.64. The van der Waals surface area contributed by atoms with Gasteiger partial charge in [-0.05, 0) is 42.7 Å². The summed E-state index contributed by atoms with van der Waals surface area (Å²) in [6, 6.07) is 0. The van der Waals surface area contributed by atoms with Crippen LogP contribution in [0.3, 0.4) is 0 Å². The quantitative estimate of drug-likeness (QED) is 0.535. The Bertz CT molecular complexity index is 167. The van der Waals surface area contributed by atoms with Crippen molar-refractivity contribution in [2.75, 3.05) is 0 Å². The molecule has 2 saturated carbocycles. The van der Waals surface area contributed by atoms with Crippen LogP contribution >= 0.6 is 11.6 Å². The molecule has 0 aromatic carbocycles. The van der Waals surface area contributed by atoms with Crippen LogP contribution in [-0.4, -0.2) is 5.24 Å². The van der Waals surface area contributed by atoms with Gasteiger partial charge in [0.25, 0.3) is 0 Å². The van der Waals surface area contributed by atoms with Gasteiger partial charge in [-0.1, -0.05) is 6.42 Å². The Kier molecular flexibility index (Phi) is 1.48. The lowest BCUT2D eigenvalue weighted by Gasteiger charge is -2.16. The monoisotopic (exact) mass is 158 g/mol. The van der Waals surface area contributed by atoms with Gasteiger partial charge < -0.3 is 0 Å². The predicted octanol–water partition coefficient (Wildman–Crippen LogP) is 2.19. The number of hydrogen-bond acceptors (Lipinski definition) is 1. The van der Waals surface area contributed by atoms with Crippen LogP contribution < -0.4 is 0 Å². The summed E-state index contributed by atoms with van der Waals surface area (Å²) >= 11 is 5.44. The van der Waals surface area contributed by atoms with Crippen LogP contribution in [0.2, 0.25) is 0 Å². The van der Waals surface area contributed by atoms with E-state index in [-0.39, 0.29) is 11.2 Å². The third-order valence-corrected chi connectivity index (χ3v) is 3.31. The maximum absolute atomic E-state index is 10.8. The van der Waals surface area contributed by atoms with E-state index in [9.17, 15) is 4.79 Å². The second kappa shape index (κ2) is 2.23. The van der Waals surface area contributed by atoms with Gasteiger partial charge in [-0.2, -0.15) is 0 Å². The zero-order valence-corrected chi connectivity index (χ0v) is 6.60. The van der Waals surface area contributed by atoms with E-state index in [1.54, 1.807) is 0 Å². The minimum atomic E-state index is -0.0906. The average Bonchev–Trinajstić information content (AvgIpc) is 2.44. The molecule has 56 valence electrons. The van der Waals surface area contributed by atoms with E-state index >= 15 is 0 Å². The lowest BCUT2D eigenvalue weighted by Crippen LogP contribution is -2.16. The fraction of sp³-hybridized carbons (Fsp3) is 0.875. The van der Waals surface area contributed by atoms with E-state index < -0.39 is 0 Å². The van der Waals surface area contributed by atoms with Gasteiger partial charge in [-0.25, -0.2) is 0 Å². The summed E-state index contributed by atoms with van der Waals surface area (Å²) in [6.45, 7) is 0. The van der Waals surface area contributed by atoms with Crippen molar-refractivity contribution < 1.29 is 4.79 Å². The van der Waals surface area contributed by atoms with Gasteiger partial charge in [0.2, 0.25) is 5.24 Å². The molecule has 2 aliphatic rings. The van der Waals surface area contributed by atoms with Crippen LogP contribution in [-0.2, 0) is 4.79 Å². The topological polar surface area (TPSA) is 17.1 Å². The highest BCUT2D eigenvalue weighted by Crippen LogP contribution is 2.48. The zero-order valence-electron chi connectivity index (χ0n) is 5.85. The molecule has 2 aliphatic carbocycles. The number of carbonyl (C=O) groups excluding carboxylic acids is 1. The molecule has 3 unspecified atom stereocenters. The van der Waals surface area contributed by atoms with Crippen molar-refractivity contribution in [2.24, 2.45) is 17.8 Å². The van der Waals surface area contributed by atoms with Gasteiger partial charge >= 0.3 is 0 Å². The molecule has 2 bridgehead atoms. The van der Waals surface area contributed by atoms with Crippen LogP contribution in [0.4, 0.5) is 0 Å². The molecule has 0 aromatic rings. The first-order valence-electron chi connectivity index (χ1n) is 3.96. The molecule has 2 heteroatoms. The molecule has 0 saturated heterocycles. The number of fused-ring (bicyclic) bond motifs is 2. The third-order valence-electron chi connectivity index (χ3n) is 3.03.